The fourth-order valence-corrected chi connectivity index (χ4v) is 15.2. The third-order valence-electron chi connectivity index (χ3n) is 20.4. The van der Waals surface area contributed by atoms with Crippen molar-refractivity contribution >= 4 is 88.3 Å². The Balaban J connectivity index is 0.000000129. The van der Waals surface area contributed by atoms with Crippen LogP contribution in [0.3, 0.4) is 0 Å². The molecule has 12 aromatic heterocycles. The Morgan fingerprint density at radius 1 is 0.387 bits per heavy atom. The van der Waals surface area contributed by atoms with E-state index in [9.17, 15) is 0 Å². The van der Waals surface area contributed by atoms with Crippen LogP contribution >= 0.6 is 0 Å². The Bertz CT molecular complexity index is 6650. The van der Waals surface area contributed by atoms with Crippen molar-refractivity contribution in [1.29, 1.82) is 0 Å². The van der Waals surface area contributed by atoms with Crippen molar-refractivity contribution in [3.63, 3.8) is 0 Å². The van der Waals surface area contributed by atoms with Gasteiger partial charge in [0.15, 0.2) is 53.7 Å². The predicted molar refractivity (Wildman–Crippen MR) is 432 cm³/mol. The number of aromatic nitrogens is 8. The molecule has 0 saturated carbocycles. The summed E-state index contributed by atoms with van der Waals surface area (Å²) in [5, 5.41) is 8.24. The van der Waals surface area contributed by atoms with Crippen molar-refractivity contribution in [2.45, 2.75) is 157 Å². The maximum absolute atomic E-state index is 8.64. The first-order chi connectivity index (χ1) is 55.0. The third kappa shape index (κ3) is 13.9. The molecular weight excluding hydrogens is 1310 g/mol. The van der Waals surface area contributed by atoms with E-state index < -0.39 is 32.3 Å². The van der Waals surface area contributed by atoms with Gasteiger partial charge in [-0.15, -0.1) is 0 Å². The SMILES string of the molecule is Cc1c[n+](C)c(-c2c(C)ccc3c2oc2ncccc23)cc1CC(C)C.Cc1ccc2c(n1)oc1c(-c3cc(CC(C)C)c(C)c[n+]3C)c(C)ccc12.[2H]C([2H])([2H])C([2H])(C([2H])([2H])[2H])C([2H])([2H])c1c[n+]2c(cc1C)-c1c(ccc3c1oc1nc(C)ccc13)C2.[2H]C([2H])(c1c[n+](C)c(-c2c(C)ccc3c2oc2nc(C)ccc23)cc1C)C(C)C. The monoisotopic (exact) mass is 1420 g/mol. The van der Waals surface area contributed by atoms with Crippen molar-refractivity contribution in [3.8, 4) is 45.0 Å². The van der Waals surface area contributed by atoms with E-state index in [1.54, 1.807) is 23.8 Å². The van der Waals surface area contributed by atoms with Gasteiger partial charge < -0.3 is 17.7 Å². The van der Waals surface area contributed by atoms with Gasteiger partial charge in [-0.3, -0.25) is 0 Å². The predicted octanol–water partition coefficient (Wildman–Crippen LogP) is 21.6. The molecule has 1 aliphatic heterocycles. The van der Waals surface area contributed by atoms with Gasteiger partial charge in [0.05, 0.1) is 22.3 Å². The molecule has 12 nitrogen and oxygen atoms in total. The van der Waals surface area contributed by atoms with Gasteiger partial charge in [0.25, 0.3) is 0 Å². The molecule has 106 heavy (non-hydrogen) atoms. The van der Waals surface area contributed by atoms with Crippen LogP contribution in [0.4, 0.5) is 0 Å². The molecule has 0 fully saturated rings. The minimum atomic E-state index is -3.40. The van der Waals surface area contributed by atoms with E-state index in [0.717, 1.165) is 146 Å². The van der Waals surface area contributed by atoms with Crippen LogP contribution in [-0.2, 0) is 53.3 Å². The van der Waals surface area contributed by atoms with Crippen molar-refractivity contribution in [2.24, 2.45) is 44.8 Å². The average Bonchev–Trinajstić information content (AvgIpc) is 1.69. The topological polar surface area (TPSA) is 120 Å². The number of rotatable bonds is 11. The molecule has 16 aromatic rings. The number of aryl methyl sites for hydroxylation is 13. The summed E-state index contributed by atoms with van der Waals surface area (Å²) in [4.78, 5) is 18.0. The molecule has 0 N–H and O–H groups in total. The fourth-order valence-electron chi connectivity index (χ4n) is 15.2. The van der Waals surface area contributed by atoms with E-state index in [0.29, 0.717) is 52.4 Å². The second-order valence-electron chi connectivity index (χ2n) is 30.3. The summed E-state index contributed by atoms with van der Waals surface area (Å²) in [5.74, 6) is -2.23. The molecule has 0 bridgehead atoms. The number of hydrogen-bond donors (Lipinski definition) is 0. The summed E-state index contributed by atoms with van der Waals surface area (Å²) < 4.78 is 122. The Morgan fingerprint density at radius 3 is 1.22 bits per heavy atom. The van der Waals surface area contributed by atoms with Crippen LogP contribution in [-0.4, -0.2) is 19.9 Å². The molecule has 4 aromatic carbocycles. The first kappa shape index (κ1) is 59.5. The summed E-state index contributed by atoms with van der Waals surface area (Å²) in [6, 6.07) is 41.4. The van der Waals surface area contributed by atoms with Gasteiger partial charge in [-0.25, -0.2) is 33.6 Å². The molecule has 538 valence electrons. The van der Waals surface area contributed by atoms with Crippen molar-refractivity contribution < 1.29 is 51.0 Å². The van der Waals surface area contributed by atoms with E-state index in [1.165, 1.54) is 51.0 Å². The quantitative estimate of drug-likeness (QED) is 0.117. The summed E-state index contributed by atoms with van der Waals surface area (Å²) >= 11 is 0. The number of nitrogens with zero attached hydrogens (tertiary/aromatic N) is 8. The van der Waals surface area contributed by atoms with Crippen LogP contribution in [0.5, 0.6) is 0 Å². The lowest BCUT2D eigenvalue weighted by atomic mass is 9.95. The highest BCUT2D eigenvalue weighted by atomic mass is 16.4. The molecule has 17 rings (SSSR count). The molecule has 0 aliphatic carbocycles. The third-order valence-corrected chi connectivity index (χ3v) is 20.4. The van der Waals surface area contributed by atoms with Gasteiger partial charge in [0.1, 0.15) is 21.1 Å². The zero-order valence-corrected chi connectivity index (χ0v) is 64.5. The Labute approximate surface area is 638 Å². The van der Waals surface area contributed by atoms with Gasteiger partial charge in [-0.2, -0.15) is 4.57 Å². The summed E-state index contributed by atoms with van der Waals surface area (Å²) in [6.07, 6.45) is 7.37. The van der Waals surface area contributed by atoms with Crippen LogP contribution in [0.1, 0.15) is 154 Å². The largest absolute Gasteiger partial charge is 0.437 e. The Kier molecular flexibility index (Phi) is 16.3. The Hall–Kier alpha value is -10.7. The highest BCUT2D eigenvalue weighted by Gasteiger charge is 2.33. The molecule has 0 unspecified atom stereocenters. The zero-order valence-electron chi connectivity index (χ0n) is 75.5. The number of pyridine rings is 8. The summed E-state index contributed by atoms with van der Waals surface area (Å²) in [5.41, 5.74) is 28.8. The summed E-state index contributed by atoms with van der Waals surface area (Å²) in [6.45, 7) is 26.7. The van der Waals surface area contributed by atoms with E-state index in [4.69, 9.17) is 32.7 Å². The first-order valence-electron chi connectivity index (χ1n) is 42.2. The van der Waals surface area contributed by atoms with Gasteiger partial charge in [-0.05, 0) is 212 Å². The Morgan fingerprint density at radius 2 is 0.774 bits per heavy atom. The fraction of sp³-hybridized carbons (Fsp3) is 0.319. The zero-order chi connectivity index (χ0) is 84.5. The minimum Gasteiger partial charge on any atom is -0.437 e. The molecule has 0 spiro atoms. The van der Waals surface area contributed by atoms with Crippen molar-refractivity contribution in [1.82, 2.24) is 19.9 Å². The van der Waals surface area contributed by atoms with E-state index in [-0.39, 0.29) is 11.5 Å². The van der Waals surface area contributed by atoms with Gasteiger partial charge in [0.2, 0.25) is 45.6 Å². The molecule has 0 atom stereocenters. The van der Waals surface area contributed by atoms with E-state index in [2.05, 4.69) is 191 Å². The van der Waals surface area contributed by atoms with Gasteiger partial charge >= 0.3 is 0 Å². The van der Waals surface area contributed by atoms with Crippen LogP contribution in [0.15, 0.2) is 170 Å². The lowest BCUT2D eigenvalue weighted by molar-refractivity contribution is -0.672. The molecule has 1 aliphatic rings. The maximum Gasteiger partial charge on any atom is 0.227 e. The number of fused-ring (bicyclic) bond motifs is 16. The molecular formula is C94H102N8O4+4. The number of furan rings is 4. The molecule has 13 heterocycles. The highest BCUT2D eigenvalue weighted by Crippen LogP contribution is 2.43. The molecule has 0 saturated heterocycles. The lowest BCUT2D eigenvalue weighted by Crippen LogP contribution is -2.33. The van der Waals surface area contributed by atoms with Crippen LogP contribution in [0.2, 0.25) is 0 Å². The first-order valence-corrected chi connectivity index (χ1v) is 36.7. The highest BCUT2D eigenvalue weighted by molar-refractivity contribution is 6.12. The summed E-state index contributed by atoms with van der Waals surface area (Å²) in [7, 11) is 6.20. The standard InChI is InChI=1S/2C24H27N2O.C23H23N2O.C23H25N2O/c1-14(2)11-18-12-21(26(6)13-16(18)4)22-15(3)7-9-19-20-10-8-17(5)25-24(20)27-23(19)22;1-14(2)11-18-13-26(6)21(12-16(18)4)22-15(3)7-9-19-20-10-8-17(5)25-24(20)27-23(19)22;1-13(2)9-17-12-25-11-16-6-8-18-19-7-5-15(4)24-23(19)26-22(18)21(16)20(25)10-14(17)3;1-14(2)11-17-12-20(25(5)13-16(17)4)21-15(3)8-9-18-19-7-6-10-24-23(19)26-22(18)21/h2*7-10,12-14H,11H2,1-6H3;5-8,10,12-13H,9,11H2,1-4H3;6-10,12-14H,11H2,1-5H3/q4*+1/i;11D2;1D3,2D3,9D2,13D;. The van der Waals surface area contributed by atoms with E-state index in [1.807, 2.05) is 102 Å². The average molecular weight is 1420 g/mol. The van der Waals surface area contributed by atoms with Gasteiger partial charge in [-0.1, -0.05) is 97.7 Å². The van der Waals surface area contributed by atoms with Crippen molar-refractivity contribution in [3.05, 3.63) is 236 Å². The van der Waals surface area contributed by atoms with Crippen LogP contribution in [0.25, 0.3) is 133 Å². The van der Waals surface area contributed by atoms with Gasteiger partial charge in [0, 0.05) is 134 Å². The smallest absolute Gasteiger partial charge is 0.227 e. The second-order valence-corrected chi connectivity index (χ2v) is 30.3. The molecule has 12 heteroatoms. The van der Waals surface area contributed by atoms with Crippen molar-refractivity contribution in [2.75, 3.05) is 0 Å². The molecule has 0 radical (unpaired) electrons. The van der Waals surface area contributed by atoms with E-state index >= 15 is 0 Å². The second kappa shape index (κ2) is 29.0. The minimum absolute atomic E-state index is 0.109. The van der Waals surface area contributed by atoms with Crippen LogP contribution in [0, 0.1) is 92.9 Å². The number of hydrogen-bond acceptors (Lipinski definition) is 8. The van der Waals surface area contributed by atoms with Crippen LogP contribution < -0.4 is 18.3 Å². The normalized spacial score (nSPS) is 14.2. The maximum atomic E-state index is 8.64. The lowest BCUT2D eigenvalue weighted by Gasteiger charge is -2.11. The number of benzene rings is 4. The molecule has 0 amide bonds.